The summed E-state index contributed by atoms with van der Waals surface area (Å²) in [4.78, 5) is 2.18. The van der Waals surface area contributed by atoms with Crippen LogP contribution in [0.5, 0.6) is 5.75 Å². The Labute approximate surface area is 132 Å². The lowest BCUT2D eigenvalue weighted by Gasteiger charge is -2.38. The second kappa shape index (κ2) is 7.92. The van der Waals surface area contributed by atoms with Crippen molar-refractivity contribution in [1.82, 2.24) is 4.90 Å². The van der Waals surface area contributed by atoms with Crippen LogP contribution in [0.2, 0.25) is 0 Å². The number of methoxy groups -OCH3 is 2. The summed E-state index contributed by atoms with van der Waals surface area (Å²) < 4.78 is 16.3. The van der Waals surface area contributed by atoms with Gasteiger partial charge in [-0.05, 0) is 37.1 Å². The number of aryl methyl sites for hydroxylation is 2. The quantitative estimate of drug-likeness (QED) is 0.831. The molecule has 0 saturated heterocycles. The molecule has 0 fully saturated rings. The first-order valence-electron chi connectivity index (χ1n) is 7.72. The molecule has 2 unspecified atom stereocenters. The van der Waals surface area contributed by atoms with Crippen molar-refractivity contribution in [2.75, 3.05) is 47.1 Å². The van der Waals surface area contributed by atoms with Crippen molar-refractivity contribution in [1.29, 1.82) is 0 Å². The number of aliphatic hydroxyl groups excluding tert-OH is 1. The number of fused-ring (bicyclic) bond motifs is 1. The zero-order chi connectivity index (χ0) is 16.1. The molecule has 22 heavy (non-hydrogen) atoms. The van der Waals surface area contributed by atoms with Crippen LogP contribution in [0.1, 0.15) is 22.8 Å². The van der Waals surface area contributed by atoms with E-state index in [4.69, 9.17) is 14.2 Å². The Morgan fingerprint density at radius 2 is 1.73 bits per heavy atom. The molecule has 0 spiro atoms. The zero-order valence-corrected chi connectivity index (χ0v) is 14.0. The maximum atomic E-state index is 10.8. The van der Waals surface area contributed by atoms with E-state index in [0.717, 1.165) is 24.4 Å². The molecule has 0 bridgehead atoms. The van der Waals surface area contributed by atoms with Crippen molar-refractivity contribution >= 4 is 0 Å². The highest BCUT2D eigenvalue weighted by Gasteiger charge is 2.33. The average molecular weight is 309 g/mol. The molecule has 2 rings (SSSR count). The van der Waals surface area contributed by atoms with Crippen molar-refractivity contribution in [3.8, 4) is 5.75 Å². The molecule has 0 radical (unpaired) electrons. The highest BCUT2D eigenvalue weighted by molar-refractivity contribution is 5.44. The molecular weight excluding hydrogens is 282 g/mol. The van der Waals surface area contributed by atoms with E-state index in [2.05, 4.69) is 18.7 Å². The lowest BCUT2D eigenvalue weighted by Crippen LogP contribution is -2.48. The molecule has 1 aromatic carbocycles. The van der Waals surface area contributed by atoms with E-state index < -0.39 is 6.10 Å². The van der Waals surface area contributed by atoms with Crippen LogP contribution in [0, 0.1) is 13.8 Å². The number of hydrogen-bond acceptors (Lipinski definition) is 5. The predicted molar refractivity (Wildman–Crippen MR) is 85.5 cm³/mol. The molecule has 0 saturated carbocycles. The fourth-order valence-corrected chi connectivity index (χ4v) is 2.81. The summed E-state index contributed by atoms with van der Waals surface area (Å²) in [5.41, 5.74) is 3.22. The van der Waals surface area contributed by atoms with E-state index >= 15 is 0 Å². The summed E-state index contributed by atoms with van der Waals surface area (Å²) in [6.45, 7) is 7.31. The van der Waals surface area contributed by atoms with Gasteiger partial charge in [-0.25, -0.2) is 0 Å². The van der Waals surface area contributed by atoms with Gasteiger partial charge in [0.25, 0.3) is 0 Å². The smallest absolute Gasteiger partial charge is 0.125 e. The minimum Gasteiger partial charge on any atom is -0.491 e. The highest BCUT2D eigenvalue weighted by Crippen LogP contribution is 2.36. The molecule has 1 aliphatic rings. The summed E-state index contributed by atoms with van der Waals surface area (Å²) in [6.07, 6.45) is -0.559. The van der Waals surface area contributed by atoms with Crippen molar-refractivity contribution in [2.24, 2.45) is 0 Å². The van der Waals surface area contributed by atoms with Crippen LogP contribution < -0.4 is 4.74 Å². The number of hydrogen-bond donors (Lipinski definition) is 1. The van der Waals surface area contributed by atoms with E-state index in [1.165, 1.54) is 11.1 Å². The van der Waals surface area contributed by atoms with Gasteiger partial charge in [-0.15, -0.1) is 0 Å². The van der Waals surface area contributed by atoms with Crippen LogP contribution >= 0.6 is 0 Å². The van der Waals surface area contributed by atoms with Gasteiger partial charge in [0.05, 0.1) is 19.3 Å². The summed E-state index contributed by atoms with van der Waals surface area (Å²) in [5, 5.41) is 10.8. The number of ether oxygens (including phenoxy) is 3. The van der Waals surface area contributed by atoms with Gasteiger partial charge in [-0.3, -0.25) is 4.90 Å². The van der Waals surface area contributed by atoms with Gasteiger partial charge in [-0.1, -0.05) is 0 Å². The molecule has 0 aliphatic carbocycles. The number of rotatable bonds is 7. The summed E-state index contributed by atoms with van der Waals surface area (Å²) in [5.74, 6) is 0.797. The first-order chi connectivity index (χ1) is 10.6. The lowest BCUT2D eigenvalue weighted by atomic mass is 9.94. The molecule has 2 atom stereocenters. The molecular formula is C17H27NO4. The average Bonchev–Trinajstić information content (AvgIpc) is 2.51. The second-order valence-electron chi connectivity index (χ2n) is 5.82. The van der Waals surface area contributed by atoms with Crippen molar-refractivity contribution in [3.05, 3.63) is 28.8 Å². The Morgan fingerprint density at radius 1 is 1.14 bits per heavy atom. The Morgan fingerprint density at radius 3 is 2.32 bits per heavy atom. The maximum absolute atomic E-state index is 10.8. The monoisotopic (exact) mass is 309 g/mol. The first-order valence-corrected chi connectivity index (χ1v) is 7.72. The summed E-state index contributed by atoms with van der Waals surface area (Å²) >= 11 is 0. The molecule has 1 heterocycles. The standard InChI is InChI=1S/C17H27NO4/c1-12-9-14-16(10-13(12)2)22-11-15(17(14)19)18(5-7-20-3)6-8-21-4/h9-10,15,17,19H,5-8,11H2,1-4H3. The van der Waals surface area contributed by atoms with Crippen LogP contribution in [-0.4, -0.2) is 63.2 Å². The largest absolute Gasteiger partial charge is 0.491 e. The second-order valence-corrected chi connectivity index (χ2v) is 5.82. The Bertz CT molecular complexity index is 484. The third-order valence-electron chi connectivity index (χ3n) is 4.35. The number of benzene rings is 1. The number of aliphatic hydroxyl groups is 1. The lowest BCUT2D eigenvalue weighted by molar-refractivity contribution is -0.0146. The van der Waals surface area contributed by atoms with Gasteiger partial charge in [0, 0.05) is 32.9 Å². The molecule has 1 aromatic rings. The molecule has 5 nitrogen and oxygen atoms in total. The van der Waals surface area contributed by atoms with Gasteiger partial charge < -0.3 is 19.3 Å². The van der Waals surface area contributed by atoms with Crippen molar-refractivity contribution in [3.63, 3.8) is 0 Å². The Kier molecular flexibility index (Phi) is 6.20. The van der Waals surface area contributed by atoms with Crippen LogP contribution in [0.15, 0.2) is 12.1 Å². The van der Waals surface area contributed by atoms with Crippen LogP contribution in [0.4, 0.5) is 0 Å². The topological polar surface area (TPSA) is 51.2 Å². The molecule has 1 aliphatic heterocycles. The van der Waals surface area contributed by atoms with Crippen LogP contribution in [0.25, 0.3) is 0 Å². The van der Waals surface area contributed by atoms with Crippen molar-refractivity contribution < 1.29 is 19.3 Å². The minimum atomic E-state index is -0.559. The van der Waals surface area contributed by atoms with Gasteiger partial charge in [0.15, 0.2) is 0 Å². The minimum absolute atomic E-state index is 0.0834. The first kappa shape index (κ1) is 17.2. The van der Waals surface area contributed by atoms with Crippen LogP contribution in [-0.2, 0) is 9.47 Å². The van der Waals surface area contributed by atoms with Gasteiger partial charge in [-0.2, -0.15) is 0 Å². The van der Waals surface area contributed by atoms with Gasteiger partial charge >= 0.3 is 0 Å². The molecule has 124 valence electrons. The van der Waals surface area contributed by atoms with Crippen molar-refractivity contribution in [2.45, 2.75) is 26.0 Å². The van der Waals surface area contributed by atoms with E-state index in [1.54, 1.807) is 14.2 Å². The fourth-order valence-electron chi connectivity index (χ4n) is 2.81. The predicted octanol–water partition coefficient (Wildman–Crippen LogP) is 1.69. The van der Waals surface area contributed by atoms with Crippen LogP contribution in [0.3, 0.4) is 0 Å². The highest BCUT2D eigenvalue weighted by atomic mass is 16.5. The van der Waals surface area contributed by atoms with Gasteiger partial charge in [0.1, 0.15) is 18.5 Å². The molecule has 1 N–H and O–H groups in total. The molecule has 0 amide bonds. The summed E-state index contributed by atoms with van der Waals surface area (Å²) in [7, 11) is 3.37. The maximum Gasteiger partial charge on any atom is 0.125 e. The van der Waals surface area contributed by atoms with E-state index in [0.29, 0.717) is 19.8 Å². The zero-order valence-electron chi connectivity index (χ0n) is 14.0. The van der Waals surface area contributed by atoms with E-state index in [9.17, 15) is 5.11 Å². The van der Waals surface area contributed by atoms with E-state index in [-0.39, 0.29) is 6.04 Å². The summed E-state index contributed by atoms with van der Waals surface area (Å²) in [6, 6.07) is 3.96. The number of nitrogens with zero attached hydrogens (tertiary/aromatic N) is 1. The SMILES string of the molecule is COCCN(CCOC)C1COc2cc(C)c(C)cc2C1O. The normalized spacial score (nSPS) is 20.8. The third-order valence-corrected chi connectivity index (χ3v) is 4.35. The van der Waals surface area contributed by atoms with Gasteiger partial charge in [0.2, 0.25) is 0 Å². The Balaban J connectivity index is 2.18. The molecule has 0 aromatic heterocycles. The molecule has 5 heteroatoms. The third kappa shape index (κ3) is 3.79. The van der Waals surface area contributed by atoms with E-state index in [1.807, 2.05) is 12.1 Å². The fraction of sp³-hybridized carbons (Fsp3) is 0.647. The Hall–Kier alpha value is -1.14.